The zero-order valence-electron chi connectivity index (χ0n) is 15.5. The van der Waals surface area contributed by atoms with Gasteiger partial charge in [0, 0.05) is 24.5 Å². The summed E-state index contributed by atoms with van der Waals surface area (Å²) in [6, 6.07) is 11.6. The van der Waals surface area contributed by atoms with Crippen molar-refractivity contribution in [1.29, 1.82) is 0 Å². The molecule has 2 aromatic carbocycles. The van der Waals surface area contributed by atoms with Gasteiger partial charge in [0.15, 0.2) is 22.9 Å². The second kappa shape index (κ2) is 6.96. The number of fused-ring (bicyclic) bond motifs is 2. The Morgan fingerprint density at radius 1 is 0.933 bits per heavy atom. The van der Waals surface area contributed by atoms with Crippen molar-refractivity contribution >= 4 is 23.4 Å². The molecule has 0 aliphatic carbocycles. The lowest BCUT2D eigenvalue weighted by Crippen LogP contribution is -2.29. The first-order valence-corrected chi connectivity index (χ1v) is 9.08. The SMILES string of the molecule is O=C(NCc1ccc2c(c1)OCO2)c1ccc(N2C(=O)c3nccnc3C2=O)cc1. The Kier molecular flexibility index (Phi) is 4.13. The summed E-state index contributed by atoms with van der Waals surface area (Å²) in [5, 5.41) is 2.82. The number of amides is 3. The fourth-order valence-electron chi connectivity index (χ4n) is 3.29. The average Bonchev–Trinajstić information content (AvgIpc) is 3.35. The zero-order valence-corrected chi connectivity index (χ0v) is 15.5. The first-order valence-electron chi connectivity index (χ1n) is 9.08. The number of hydrogen-bond donors (Lipinski definition) is 1. The van der Waals surface area contributed by atoms with Crippen molar-refractivity contribution < 1.29 is 23.9 Å². The number of carbonyl (C=O) groups is 3. The van der Waals surface area contributed by atoms with Crippen molar-refractivity contribution in [3.8, 4) is 11.5 Å². The quantitative estimate of drug-likeness (QED) is 0.664. The Hall–Kier alpha value is -4.27. The second-order valence-corrected chi connectivity index (χ2v) is 6.62. The van der Waals surface area contributed by atoms with Crippen molar-refractivity contribution in [2.45, 2.75) is 6.54 Å². The van der Waals surface area contributed by atoms with Gasteiger partial charge in [-0.05, 0) is 42.0 Å². The van der Waals surface area contributed by atoms with E-state index >= 15 is 0 Å². The molecule has 2 aliphatic rings. The van der Waals surface area contributed by atoms with Gasteiger partial charge in [0.05, 0.1) is 5.69 Å². The van der Waals surface area contributed by atoms with Gasteiger partial charge in [-0.1, -0.05) is 6.07 Å². The summed E-state index contributed by atoms with van der Waals surface area (Å²) in [5.74, 6) is -0.0358. The molecule has 0 unspecified atom stereocenters. The number of anilines is 1. The number of ether oxygens (including phenoxy) is 2. The predicted molar refractivity (Wildman–Crippen MR) is 103 cm³/mol. The molecule has 5 rings (SSSR count). The van der Waals surface area contributed by atoms with Gasteiger partial charge in [-0.2, -0.15) is 0 Å². The summed E-state index contributed by atoms with van der Waals surface area (Å²) < 4.78 is 10.6. The highest BCUT2D eigenvalue weighted by molar-refractivity contribution is 6.33. The molecule has 3 aromatic rings. The van der Waals surface area contributed by atoms with E-state index in [-0.39, 0.29) is 24.1 Å². The monoisotopic (exact) mass is 402 g/mol. The van der Waals surface area contributed by atoms with Gasteiger partial charge in [0.1, 0.15) is 0 Å². The first-order chi connectivity index (χ1) is 14.6. The predicted octanol–water partition coefficient (Wildman–Crippen LogP) is 1.94. The van der Waals surface area contributed by atoms with Crippen LogP contribution in [0.4, 0.5) is 5.69 Å². The number of rotatable bonds is 4. The van der Waals surface area contributed by atoms with E-state index in [0.29, 0.717) is 29.3 Å². The van der Waals surface area contributed by atoms with Crippen molar-refractivity contribution in [1.82, 2.24) is 15.3 Å². The second-order valence-electron chi connectivity index (χ2n) is 6.62. The minimum atomic E-state index is -0.539. The maximum Gasteiger partial charge on any atom is 0.286 e. The van der Waals surface area contributed by atoms with Gasteiger partial charge in [-0.3, -0.25) is 14.4 Å². The number of hydrogen-bond acceptors (Lipinski definition) is 7. The summed E-state index contributed by atoms with van der Waals surface area (Å²) in [6.45, 7) is 0.504. The number of nitrogens with zero attached hydrogens (tertiary/aromatic N) is 3. The highest BCUT2D eigenvalue weighted by Gasteiger charge is 2.39. The van der Waals surface area contributed by atoms with E-state index < -0.39 is 11.8 Å². The minimum Gasteiger partial charge on any atom is -0.454 e. The molecule has 30 heavy (non-hydrogen) atoms. The molecule has 0 fully saturated rings. The van der Waals surface area contributed by atoms with Gasteiger partial charge in [0.25, 0.3) is 17.7 Å². The summed E-state index contributed by atoms with van der Waals surface area (Å²) in [7, 11) is 0. The molecular weight excluding hydrogens is 388 g/mol. The van der Waals surface area contributed by atoms with Crippen molar-refractivity contribution in [3.05, 3.63) is 77.4 Å². The van der Waals surface area contributed by atoms with E-state index in [1.807, 2.05) is 12.1 Å². The zero-order chi connectivity index (χ0) is 20.7. The number of aromatic nitrogens is 2. The van der Waals surface area contributed by atoms with E-state index in [1.165, 1.54) is 24.5 Å². The Morgan fingerprint density at radius 3 is 2.30 bits per heavy atom. The Labute approximate surface area is 170 Å². The molecule has 0 bridgehead atoms. The summed E-state index contributed by atoms with van der Waals surface area (Å²) in [6.07, 6.45) is 2.72. The van der Waals surface area contributed by atoms with Crippen LogP contribution in [-0.2, 0) is 6.54 Å². The molecule has 2 aliphatic heterocycles. The van der Waals surface area contributed by atoms with E-state index in [2.05, 4.69) is 15.3 Å². The summed E-state index contributed by atoms with van der Waals surface area (Å²) in [5.41, 5.74) is 1.65. The van der Waals surface area contributed by atoms with Crippen molar-refractivity contribution in [2.75, 3.05) is 11.7 Å². The normalized spacial score (nSPS) is 14.1. The molecule has 9 nitrogen and oxygen atoms in total. The maximum absolute atomic E-state index is 12.5. The molecule has 9 heteroatoms. The fourth-order valence-corrected chi connectivity index (χ4v) is 3.29. The van der Waals surface area contributed by atoms with Gasteiger partial charge >= 0.3 is 0 Å². The number of nitrogens with one attached hydrogen (secondary N) is 1. The lowest BCUT2D eigenvalue weighted by Gasteiger charge is -2.13. The molecule has 148 valence electrons. The Morgan fingerprint density at radius 2 is 1.60 bits per heavy atom. The molecule has 3 amide bonds. The number of benzene rings is 2. The topological polar surface area (TPSA) is 111 Å². The molecule has 0 saturated carbocycles. The van der Waals surface area contributed by atoms with E-state index in [1.54, 1.807) is 18.2 Å². The maximum atomic E-state index is 12.5. The average molecular weight is 402 g/mol. The minimum absolute atomic E-state index is 0.0213. The fraction of sp³-hybridized carbons (Fsp3) is 0.0952. The summed E-state index contributed by atoms with van der Waals surface area (Å²) in [4.78, 5) is 46.3. The van der Waals surface area contributed by atoms with Crippen LogP contribution in [0.5, 0.6) is 11.5 Å². The van der Waals surface area contributed by atoms with Crippen LogP contribution in [0.3, 0.4) is 0 Å². The third kappa shape index (κ3) is 2.93. The Bertz CT molecular complexity index is 1160. The molecule has 0 atom stereocenters. The van der Waals surface area contributed by atoms with Crippen LogP contribution < -0.4 is 19.7 Å². The van der Waals surface area contributed by atoms with Crippen LogP contribution in [0.25, 0.3) is 0 Å². The van der Waals surface area contributed by atoms with Crippen LogP contribution in [0.2, 0.25) is 0 Å². The standard InChI is InChI=1S/C21H14N4O5/c26-19(24-10-12-1-6-15-16(9-12)30-11-29-15)13-2-4-14(5-3-13)25-20(27)17-18(21(25)28)23-8-7-22-17/h1-9H,10-11H2,(H,24,26). The lowest BCUT2D eigenvalue weighted by atomic mass is 10.1. The lowest BCUT2D eigenvalue weighted by molar-refractivity contribution is 0.0920. The largest absolute Gasteiger partial charge is 0.454 e. The van der Waals surface area contributed by atoms with Crippen LogP contribution in [0, 0.1) is 0 Å². The van der Waals surface area contributed by atoms with Crippen LogP contribution in [-0.4, -0.2) is 34.5 Å². The Balaban J connectivity index is 1.28. The van der Waals surface area contributed by atoms with E-state index in [4.69, 9.17) is 9.47 Å². The van der Waals surface area contributed by atoms with Crippen LogP contribution in [0.1, 0.15) is 36.9 Å². The van der Waals surface area contributed by atoms with Crippen molar-refractivity contribution in [3.63, 3.8) is 0 Å². The summed E-state index contributed by atoms with van der Waals surface area (Å²) >= 11 is 0. The smallest absolute Gasteiger partial charge is 0.286 e. The van der Waals surface area contributed by atoms with Crippen LogP contribution in [0.15, 0.2) is 54.9 Å². The molecule has 1 aromatic heterocycles. The first kappa shape index (κ1) is 17.8. The van der Waals surface area contributed by atoms with Gasteiger partial charge in [0.2, 0.25) is 6.79 Å². The molecule has 1 N–H and O–H groups in total. The van der Waals surface area contributed by atoms with Gasteiger partial charge < -0.3 is 14.8 Å². The number of carbonyl (C=O) groups excluding carboxylic acids is 3. The highest BCUT2D eigenvalue weighted by atomic mass is 16.7. The highest BCUT2D eigenvalue weighted by Crippen LogP contribution is 2.32. The van der Waals surface area contributed by atoms with Gasteiger partial charge in [-0.25, -0.2) is 14.9 Å². The molecule has 0 saturated heterocycles. The third-order valence-electron chi connectivity index (χ3n) is 4.79. The van der Waals surface area contributed by atoms with Crippen LogP contribution >= 0.6 is 0 Å². The molecule has 0 radical (unpaired) electrons. The molecule has 0 spiro atoms. The molecule has 3 heterocycles. The van der Waals surface area contributed by atoms with E-state index in [0.717, 1.165) is 10.5 Å². The van der Waals surface area contributed by atoms with E-state index in [9.17, 15) is 14.4 Å². The molecular formula is C21H14N4O5. The third-order valence-corrected chi connectivity index (χ3v) is 4.79. The van der Waals surface area contributed by atoms with Crippen molar-refractivity contribution in [2.24, 2.45) is 0 Å². The van der Waals surface area contributed by atoms with Gasteiger partial charge in [-0.15, -0.1) is 0 Å². The number of imide groups is 1.